The maximum absolute atomic E-state index is 13.5. The largest absolute Gasteiger partial charge is 0.326 e. The normalized spacial score (nSPS) is 16.7. The fraction of sp³-hybridized carbons (Fsp3) is 0.400. The zero-order chi connectivity index (χ0) is 11.1. The van der Waals surface area contributed by atoms with E-state index in [9.17, 15) is 12.8 Å². The van der Waals surface area contributed by atoms with Gasteiger partial charge in [-0.25, -0.2) is 12.8 Å². The van der Waals surface area contributed by atoms with Gasteiger partial charge in [0.2, 0.25) is 0 Å². The first-order valence-electron chi connectivity index (χ1n) is 4.78. The molecule has 15 heavy (non-hydrogen) atoms. The summed E-state index contributed by atoms with van der Waals surface area (Å²) in [5.74, 6) is -0.690. The van der Waals surface area contributed by atoms with Crippen LogP contribution in [0, 0.1) is 5.82 Å². The minimum Gasteiger partial charge on any atom is -0.326 e. The van der Waals surface area contributed by atoms with Crippen molar-refractivity contribution >= 4 is 9.84 Å². The fourth-order valence-corrected chi connectivity index (χ4v) is 3.16. The van der Waals surface area contributed by atoms with Gasteiger partial charge in [0.25, 0.3) is 0 Å². The van der Waals surface area contributed by atoms with Crippen LogP contribution >= 0.6 is 0 Å². The van der Waals surface area contributed by atoms with E-state index in [0.29, 0.717) is 18.4 Å². The van der Waals surface area contributed by atoms with Gasteiger partial charge in [-0.15, -0.1) is 0 Å². The lowest BCUT2D eigenvalue weighted by Crippen LogP contribution is -2.10. The van der Waals surface area contributed by atoms with Crippen LogP contribution in [-0.2, 0) is 16.4 Å². The van der Waals surface area contributed by atoms with Crippen molar-refractivity contribution in [3.05, 3.63) is 29.6 Å². The SMILES string of the molecule is NCc1ccc(S(=O)(=O)C2CC2)c(F)c1. The van der Waals surface area contributed by atoms with Crippen LogP contribution in [0.25, 0.3) is 0 Å². The molecule has 0 bridgehead atoms. The lowest BCUT2D eigenvalue weighted by molar-refractivity contribution is 0.565. The molecule has 0 heterocycles. The van der Waals surface area contributed by atoms with Gasteiger partial charge in [0, 0.05) is 6.54 Å². The van der Waals surface area contributed by atoms with Gasteiger partial charge in [-0.05, 0) is 30.5 Å². The van der Waals surface area contributed by atoms with Crippen LogP contribution in [0.15, 0.2) is 23.1 Å². The summed E-state index contributed by atoms with van der Waals surface area (Å²) in [6.45, 7) is 0.209. The van der Waals surface area contributed by atoms with E-state index in [1.54, 1.807) is 6.07 Å². The van der Waals surface area contributed by atoms with Gasteiger partial charge in [0.15, 0.2) is 9.84 Å². The van der Waals surface area contributed by atoms with Gasteiger partial charge < -0.3 is 5.73 Å². The van der Waals surface area contributed by atoms with Crippen LogP contribution in [-0.4, -0.2) is 13.7 Å². The average molecular weight is 229 g/mol. The molecule has 1 aromatic rings. The molecule has 82 valence electrons. The maximum atomic E-state index is 13.5. The summed E-state index contributed by atoms with van der Waals surface area (Å²) in [5, 5.41) is -0.379. The molecule has 0 aromatic heterocycles. The lowest BCUT2D eigenvalue weighted by atomic mass is 10.2. The Labute approximate surface area is 88.0 Å². The minimum atomic E-state index is -3.44. The predicted molar refractivity (Wildman–Crippen MR) is 54.5 cm³/mol. The van der Waals surface area contributed by atoms with E-state index >= 15 is 0 Å². The van der Waals surface area contributed by atoms with Crippen molar-refractivity contribution < 1.29 is 12.8 Å². The quantitative estimate of drug-likeness (QED) is 0.847. The Bertz CT molecular complexity index is 480. The topological polar surface area (TPSA) is 60.2 Å². The number of benzene rings is 1. The number of rotatable bonds is 3. The summed E-state index contributed by atoms with van der Waals surface area (Å²) >= 11 is 0. The summed E-state index contributed by atoms with van der Waals surface area (Å²) in [6.07, 6.45) is 1.28. The second-order valence-corrected chi connectivity index (χ2v) is 5.91. The molecule has 0 atom stereocenters. The highest BCUT2D eigenvalue weighted by atomic mass is 32.2. The van der Waals surface area contributed by atoms with Crippen LogP contribution < -0.4 is 5.73 Å². The highest BCUT2D eigenvalue weighted by molar-refractivity contribution is 7.92. The first-order valence-corrected chi connectivity index (χ1v) is 6.32. The number of hydrogen-bond acceptors (Lipinski definition) is 3. The first kappa shape index (κ1) is 10.6. The summed E-state index contributed by atoms with van der Waals surface area (Å²) in [6, 6.07) is 4.05. The van der Waals surface area contributed by atoms with Crippen LogP contribution in [0.2, 0.25) is 0 Å². The number of halogens is 1. The van der Waals surface area contributed by atoms with Crippen molar-refractivity contribution in [3.63, 3.8) is 0 Å². The molecule has 2 N–H and O–H groups in total. The molecule has 1 fully saturated rings. The van der Waals surface area contributed by atoms with E-state index in [0.717, 1.165) is 0 Å². The molecule has 3 nitrogen and oxygen atoms in total. The van der Waals surface area contributed by atoms with Gasteiger partial charge in [-0.1, -0.05) is 6.07 Å². The molecular formula is C10H12FNO2S. The zero-order valence-electron chi connectivity index (χ0n) is 8.11. The van der Waals surface area contributed by atoms with E-state index < -0.39 is 15.7 Å². The van der Waals surface area contributed by atoms with E-state index in [1.165, 1.54) is 12.1 Å². The van der Waals surface area contributed by atoms with Crippen LogP contribution in [0.4, 0.5) is 4.39 Å². The van der Waals surface area contributed by atoms with Crippen molar-refractivity contribution in [1.29, 1.82) is 0 Å². The Morgan fingerprint density at radius 1 is 1.40 bits per heavy atom. The van der Waals surface area contributed by atoms with E-state index in [2.05, 4.69) is 0 Å². The van der Waals surface area contributed by atoms with E-state index in [4.69, 9.17) is 5.73 Å². The Balaban J connectivity index is 2.45. The van der Waals surface area contributed by atoms with E-state index in [1.807, 2.05) is 0 Å². The maximum Gasteiger partial charge on any atom is 0.184 e. The third-order valence-corrected chi connectivity index (χ3v) is 4.79. The zero-order valence-corrected chi connectivity index (χ0v) is 8.93. The smallest absolute Gasteiger partial charge is 0.184 e. The second kappa shape index (κ2) is 3.57. The second-order valence-electron chi connectivity index (χ2n) is 3.71. The fourth-order valence-electron chi connectivity index (χ4n) is 1.46. The van der Waals surface area contributed by atoms with Crippen molar-refractivity contribution in [3.8, 4) is 0 Å². The highest BCUT2D eigenvalue weighted by Crippen LogP contribution is 2.34. The molecular weight excluding hydrogens is 217 g/mol. The predicted octanol–water partition coefficient (Wildman–Crippen LogP) is 1.22. The van der Waals surface area contributed by atoms with Gasteiger partial charge >= 0.3 is 0 Å². The van der Waals surface area contributed by atoms with E-state index in [-0.39, 0.29) is 16.7 Å². The number of sulfone groups is 1. The summed E-state index contributed by atoms with van der Waals surface area (Å²) in [5.41, 5.74) is 5.93. The molecule has 0 aliphatic heterocycles. The number of nitrogens with two attached hydrogens (primary N) is 1. The molecule has 1 aliphatic carbocycles. The third-order valence-electron chi connectivity index (χ3n) is 2.50. The number of hydrogen-bond donors (Lipinski definition) is 1. The van der Waals surface area contributed by atoms with Crippen LogP contribution in [0.1, 0.15) is 18.4 Å². The summed E-state index contributed by atoms with van der Waals surface area (Å²) < 4.78 is 37.0. The van der Waals surface area contributed by atoms with Gasteiger partial charge in [-0.2, -0.15) is 0 Å². The molecule has 1 saturated carbocycles. The van der Waals surface area contributed by atoms with Crippen molar-refractivity contribution in [2.45, 2.75) is 29.5 Å². The van der Waals surface area contributed by atoms with Gasteiger partial charge in [0.1, 0.15) is 10.7 Å². The van der Waals surface area contributed by atoms with Crippen LogP contribution in [0.5, 0.6) is 0 Å². The summed E-state index contributed by atoms with van der Waals surface area (Å²) in [7, 11) is -3.44. The molecule has 1 aromatic carbocycles. The van der Waals surface area contributed by atoms with Gasteiger partial charge in [0.05, 0.1) is 5.25 Å². The van der Waals surface area contributed by atoms with Crippen molar-refractivity contribution in [2.75, 3.05) is 0 Å². The minimum absolute atomic E-state index is 0.192. The Morgan fingerprint density at radius 3 is 2.53 bits per heavy atom. The van der Waals surface area contributed by atoms with Crippen molar-refractivity contribution in [2.24, 2.45) is 5.73 Å². The Hall–Kier alpha value is -0.940. The Morgan fingerprint density at radius 2 is 2.07 bits per heavy atom. The van der Waals surface area contributed by atoms with Crippen molar-refractivity contribution in [1.82, 2.24) is 0 Å². The molecule has 0 amide bonds. The third kappa shape index (κ3) is 1.89. The molecule has 0 unspecified atom stereocenters. The molecule has 2 rings (SSSR count). The molecule has 0 radical (unpaired) electrons. The Kier molecular flexibility index (Phi) is 2.52. The first-order chi connectivity index (χ1) is 7.05. The lowest BCUT2D eigenvalue weighted by Gasteiger charge is -2.05. The highest BCUT2D eigenvalue weighted by Gasteiger charge is 2.38. The molecule has 1 aliphatic rings. The monoisotopic (exact) mass is 229 g/mol. The molecule has 5 heteroatoms. The van der Waals surface area contributed by atoms with Crippen LogP contribution in [0.3, 0.4) is 0 Å². The summed E-state index contributed by atoms with van der Waals surface area (Å²) in [4.78, 5) is -0.192. The average Bonchev–Trinajstić information content (AvgIpc) is 3.00. The molecule has 0 spiro atoms. The van der Waals surface area contributed by atoms with Gasteiger partial charge in [-0.3, -0.25) is 0 Å². The molecule has 0 saturated heterocycles. The standard InChI is InChI=1S/C10H12FNO2S/c11-9-5-7(6-12)1-4-10(9)15(13,14)8-2-3-8/h1,4-5,8H,2-3,6,12H2.